The van der Waals surface area contributed by atoms with Gasteiger partial charge in [0.1, 0.15) is 6.17 Å². The average Bonchev–Trinajstić information content (AvgIpc) is 2.75. The summed E-state index contributed by atoms with van der Waals surface area (Å²) >= 11 is 0. The van der Waals surface area contributed by atoms with E-state index in [4.69, 9.17) is 5.11 Å². The van der Waals surface area contributed by atoms with Crippen LogP contribution in [0, 0.1) is 0 Å². The van der Waals surface area contributed by atoms with Crippen LogP contribution in [0.15, 0.2) is 60.7 Å². The first-order valence-electron chi connectivity index (χ1n) is 10.4. The van der Waals surface area contributed by atoms with Gasteiger partial charge in [-0.1, -0.05) is 60.7 Å². The molecule has 172 valence electrons. The Balaban J connectivity index is 0.000000316. The lowest BCUT2D eigenvalue weighted by Crippen LogP contribution is -2.32. The van der Waals surface area contributed by atoms with E-state index in [2.05, 4.69) is 4.74 Å². The molecule has 31 heavy (non-hydrogen) atoms. The fraction of sp³-hybridized carbons (Fsp3) is 0.458. The van der Waals surface area contributed by atoms with Gasteiger partial charge >= 0.3 is 5.97 Å². The second-order valence-corrected chi connectivity index (χ2v) is 7.36. The number of esters is 1. The van der Waals surface area contributed by atoms with Crippen molar-refractivity contribution in [2.45, 2.75) is 32.4 Å². The van der Waals surface area contributed by atoms with Gasteiger partial charge in [-0.2, -0.15) is 0 Å². The van der Waals surface area contributed by atoms with Gasteiger partial charge in [-0.3, -0.25) is 9.80 Å². The molecule has 7 heteroatoms. The van der Waals surface area contributed by atoms with E-state index in [1.807, 2.05) is 72.6 Å². The fourth-order valence-electron chi connectivity index (χ4n) is 2.90. The van der Waals surface area contributed by atoms with Gasteiger partial charge in [0.15, 0.2) is 0 Å². The van der Waals surface area contributed by atoms with Crippen molar-refractivity contribution in [1.29, 1.82) is 0 Å². The first kappa shape index (κ1) is 26.7. The summed E-state index contributed by atoms with van der Waals surface area (Å²) in [5.74, 6) is -0.785. The summed E-state index contributed by atoms with van der Waals surface area (Å²) in [4.78, 5) is 14.7. The highest BCUT2D eigenvalue weighted by Gasteiger charge is 2.20. The molecule has 1 N–H and O–H groups in total. The van der Waals surface area contributed by atoms with E-state index >= 15 is 0 Å². The van der Waals surface area contributed by atoms with Crippen molar-refractivity contribution in [3.8, 4) is 0 Å². The smallest absolute Gasteiger partial charge is 0.342 e. The summed E-state index contributed by atoms with van der Waals surface area (Å²) in [7, 11) is 3.62. The zero-order valence-electron chi connectivity index (χ0n) is 18.6. The zero-order chi connectivity index (χ0) is 23.1. The lowest BCUT2D eigenvalue weighted by molar-refractivity contribution is -0.149. The molecule has 0 aliphatic heterocycles. The van der Waals surface area contributed by atoms with Crippen LogP contribution in [0.5, 0.6) is 0 Å². The molecule has 2 aromatic carbocycles. The van der Waals surface area contributed by atoms with Crippen LogP contribution in [0.3, 0.4) is 0 Å². The van der Waals surface area contributed by atoms with Gasteiger partial charge in [-0.25, -0.2) is 13.6 Å². The quantitative estimate of drug-likeness (QED) is 0.547. The third-order valence-electron chi connectivity index (χ3n) is 4.31. The van der Waals surface area contributed by atoms with Gasteiger partial charge in [0.05, 0.1) is 13.2 Å². The minimum Gasteiger partial charge on any atom is -0.464 e. The molecule has 0 fully saturated rings. The minimum absolute atomic E-state index is 0.0493. The molecule has 5 nitrogen and oxygen atoms in total. The standard InChI is InChI=1S/C13H18FNO2.C11H16FNO/c1-3-17-13(16)12(14)10-15(2)9-11-7-5-4-6-8-11;1-13(8-11(12)9-14)7-10-5-3-2-4-6-10/h4-8,12H,3,9-10H2,1-2H3;2-6,11,14H,7-9H2,1H3. The third-order valence-corrected chi connectivity index (χ3v) is 4.31. The summed E-state index contributed by atoms with van der Waals surface area (Å²) in [6, 6.07) is 19.6. The Bertz CT molecular complexity index is 719. The van der Waals surface area contributed by atoms with Crippen molar-refractivity contribution < 1.29 is 23.4 Å². The number of nitrogens with zero attached hydrogens (tertiary/aromatic N) is 2. The van der Waals surface area contributed by atoms with Gasteiger partial charge in [-0.05, 0) is 32.1 Å². The highest BCUT2D eigenvalue weighted by Crippen LogP contribution is 2.06. The van der Waals surface area contributed by atoms with Gasteiger partial charge < -0.3 is 9.84 Å². The molecule has 0 aromatic heterocycles. The predicted molar refractivity (Wildman–Crippen MR) is 119 cm³/mol. The molecular weight excluding hydrogens is 402 g/mol. The lowest BCUT2D eigenvalue weighted by atomic mass is 10.2. The maximum Gasteiger partial charge on any atom is 0.342 e. The van der Waals surface area contributed by atoms with Crippen molar-refractivity contribution in [1.82, 2.24) is 9.80 Å². The number of aliphatic hydroxyl groups excluding tert-OH is 1. The van der Waals surface area contributed by atoms with Crippen molar-refractivity contribution >= 4 is 5.97 Å². The predicted octanol–water partition coefficient (Wildman–Crippen LogP) is 3.47. The summed E-state index contributed by atoms with van der Waals surface area (Å²) in [6.07, 6.45) is -2.73. The Labute approximate surface area is 184 Å². The van der Waals surface area contributed by atoms with E-state index in [0.29, 0.717) is 13.1 Å². The molecule has 0 amide bonds. The molecule has 0 heterocycles. The van der Waals surface area contributed by atoms with E-state index in [1.54, 1.807) is 18.9 Å². The number of rotatable bonds is 11. The van der Waals surface area contributed by atoms with E-state index in [0.717, 1.165) is 11.1 Å². The maximum atomic E-state index is 13.4. The average molecular weight is 437 g/mol. The molecule has 0 spiro atoms. The molecule has 2 rings (SSSR count). The van der Waals surface area contributed by atoms with Crippen LogP contribution in [0.25, 0.3) is 0 Å². The maximum absolute atomic E-state index is 13.4. The number of carbonyl (C=O) groups excluding carboxylic acids is 1. The monoisotopic (exact) mass is 436 g/mol. The first-order valence-corrected chi connectivity index (χ1v) is 10.4. The van der Waals surface area contributed by atoms with Crippen LogP contribution in [-0.4, -0.2) is 73.6 Å². The normalized spacial score (nSPS) is 12.8. The summed E-state index contributed by atoms with van der Waals surface area (Å²) in [5.41, 5.74) is 2.24. The van der Waals surface area contributed by atoms with E-state index in [-0.39, 0.29) is 19.7 Å². The number of hydrogen-bond acceptors (Lipinski definition) is 5. The Morgan fingerprint density at radius 1 is 0.903 bits per heavy atom. The van der Waals surface area contributed by atoms with E-state index in [1.165, 1.54) is 0 Å². The van der Waals surface area contributed by atoms with Crippen LogP contribution in [0.2, 0.25) is 0 Å². The molecule has 0 radical (unpaired) electrons. The summed E-state index contributed by atoms with van der Waals surface area (Å²) < 4.78 is 30.8. The number of benzene rings is 2. The number of carbonyl (C=O) groups is 1. The van der Waals surface area contributed by atoms with Crippen LogP contribution in [-0.2, 0) is 22.6 Å². The number of hydrogen-bond donors (Lipinski definition) is 1. The Hall–Kier alpha value is -2.35. The van der Waals surface area contributed by atoms with E-state index in [9.17, 15) is 13.6 Å². The fourth-order valence-corrected chi connectivity index (χ4v) is 2.90. The number of aliphatic hydroxyl groups is 1. The Morgan fingerprint density at radius 3 is 1.77 bits per heavy atom. The first-order chi connectivity index (χ1) is 14.8. The second-order valence-electron chi connectivity index (χ2n) is 7.36. The minimum atomic E-state index is -1.58. The molecule has 2 atom stereocenters. The summed E-state index contributed by atoms with van der Waals surface area (Å²) in [6.45, 7) is 3.11. The molecule has 0 saturated heterocycles. The van der Waals surface area contributed by atoms with Crippen LogP contribution in [0.4, 0.5) is 8.78 Å². The van der Waals surface area contributed by atoms with Crippen LogP contribution < -0.4 is 0 Å². The third kappa shape index (κ3) is 12.2. The lowest BCUT2D eigenvalue weighted by Gasteiger charge is -2.18. The zero-order valence-corrected chi connectivity index (χ0v) is 18.6. The number of ether oxygens (including phenoxy) is 1. The van der Waals surface area contributed by atoms with Gasteiger partial charge in [0, 0.05) is 26.2 Å². The van der Waals surface area contributed by atoms with Gasteiger partial charge in [0.2, 0.25) is 6.17 Å². The van der Waals surface area contributed by atoms with Gasteiger partial charge in [-0.15, -0.1) is 0 Å². The second kappa shape index (κ2) is 15.5. The number of halogens is 2. The van der Waals surface area contributed by atoms with Crippen molar-refractivity contribution in [3.05, 3.63) is 71.8 Å². The largest absolute Gasteiger partial charge is 0.464 e. The van der Waals surface area contributed by atoms with Crippen LogP contribution in [0.1, 0.15) is 18.1 Å². The van der Waals surface area contributed by atoms with Crippen molar-refractivity contribution in [2.75, 3.05) is 40.4 Å². The van der Waals surface area contributed by atoms with Crippen molar-refractivity contribution in [3.63, 3.8) is 0 Å². The SMILES string of the molecule is CCOC(=O)C(F)CN(C)Cc1ccccc1.CN(Cc1ccccc1)CC(F)CO. The van der Waals surface area contributed by atoms with Crippen LogP contribution >= 0.6 is 0 Å². The molecule has 2 aromatic rings. The summed E-state index contributed by atoms with van der Waals surface area (Å²) in [5, 5.41) is 8.55. The Morgan fingerprint density at radius 2 is 1.35 bits per heavy atom. The van der Waals surface area contributed by atoms with Crippen molar-refractivity contribution in [2.24, 2.45) is 0 Å². The molecule has 0 bridgehead atoms. The molecule has 0 aliphatic rings. The van der Waals surface area contributed by atoms with Gasteiger partial charge in [0.25, 0.3) is 0 Å². The highest BCUT2D eigenvalue weighted by atomic mass is 19.1. The topological polar surface area (TPSA) is 53.0 Å². The number of alkyl halides is 2. The molecule has 2 unspecified atom stereocenters. The Kier molecular flexibility index (Phi) is 13.3. The van der Waals surface area contributed by atoms with E-state index < -0.39 is 24.9 Å². The highest BCUT2D eigenvalue weighted by molar-refractivity contribution is 5.74. The molecule has 0 aliphatic carbocycles. The molecule has 0 saturated carbocycles. The molecular formula is C24H34F2N2O3.